The van der Waals surface area contributed by atoms with E-state index in [0.717, 1.165) is 6.42 Å². The van der Waals surface area contributed by atoms with Crippen LogP contribution in [0.2, 0.25) is 0 Å². The molecule has 1 aliphatic rings. The molecule has 1 fully saturated rings. The summed E-state index contributed by atoms with van der Waals surface area (Å²) in [5.74, 6) is 0.160. The van der Waals surface area contributed by atoms with Gasteiger partial charge in [0.05, 0.1) is 0 Å². The van der Waals surface area contributed by atoms with Gasteiger partial charge in [-0.2, -0.15) is 0 Å². The molecule has 0 spiro atoms. The van der Waals surface area contributed by atoms with E-state index in [1.807, 2.05) is 18.2 Å². The predicted octanol–water partition coefficient (Wildman–Crippen LogP) is 3.05. The molecular formula is C19H21NO3. The minimum Gasteiger partial charge on any atom is -0.456 e. The third-order valence-corrected chi connectivity index (χ3v) is 4.90. The van der Waals surface area contributed by atoms with Gasteiger partial charge in [-0.05, 0) is 24.3 Å². The van der Waals surface area contributed by atoms with E-state index in [0.29, 0.717) is 12.3 Å². The molecule has 0 saturated heterocycles. The second-order valence-corrected chi connectivity index (χ2v) is 6.96. The standard InChI is InChI=1S/C19H21NO3/c1-13-9-15(21)10-16(23-13)17(22)20-12-19(11-18(19,2)3)14-7-5-4-6-8-14/h4-10H,11-12H2,1-3H3,(H,20,22)/t19-/m1/s1. The Bertz CT molecular complexity index is 792. The van der Waals surface area contributed by atoms with Gasteiger partial charge in [0.1, 0.15) is 5.76 Å². The molecule has 1 aliphatic carbocycles. The van der Waals surface area contributed by atoms with E-state index < -0.39 is 0 Å². The number of hydrogen-bond acceptors (Lipinski definition) is 3. The molecule has 0 radical (unpaired) electrons. The summed E-state index contributed by atoms with van der Waals surface area (Å²) < 4.78 is 5.35. The molecule has 1 amide bonds. The van der Waals surface area contributed by atoms with Gasteiger partial charge in [0, 0.05) is 24.1 Å². The summed E-state index contributed by atoms with van der Waals surface area (Å²) in [4.78, 5) is 23.8. The van der Waals surface area contributed by atoms with Gasteiger partial charge in [0.15, 0.2) is 11.2 Å². The Labute approximate surface area is 135 Å². The third-order valence-electron chi connectivity index (χ3n) is 4.90. The molecule has 1 aromatic heterocycles. The van der Waals surface area contributed by atoms with Crippen molar-refractivity contribution >= 4 is 5.91 Å². The minimum atomic E-state index is -0.344. The molecule has 4 nitrogen and oxygen atoms in total. The average Bonchev–Trinajstić information content (AvgIpc) is 3.07. The minimum absolute atomic E-state index is 0.0615. The fourth-order valence-corrected chi connectivity index (χ4v) is 3.40. The third kappa shape index (κ3) is 2.81. The zero-order chi connectivity index (χ0) is 16.7. The van der Waals surface area contributed by atoms with Gasteiger partial charge in [-0.15, -0.1) is 0 Å². The van der Waals surface area contributed by atoms with Crippen molar-refractivity contribution in [1.29, 1.82) is 0 Å². The Morgan fingerprint density at radius 1 is 1.22 bits per heavy atom. The normalized spacial score (nSPS) is 21.7. The van der Waals surface area contributed by atoms with Crippen molar-refractivity contribution in [1.82, 2.24) is 5.32 Å². The van der Waals surface area contributed by atoms with Crippen molar-refractivity contribution in [2.24, 2.45) is 5.41 Å². The number of carbonyl (C=O) groups is 1. The Morgan fingerprint density at radius 3 is 2.43 bits per heavy atom. The van der Waals surface area contributed by atoms with E-state index in [2.05, 4.69) is 31.3 Å². The maximum absolute atomic E-state index is 12.3. The highest BCUT2D eigenvalue weighted by atomic mass is 16.3. The first kappa shape index (κ1) is 15.5. The van der Waals surface area contributed by atoms with Gasteiger partial charge in [0.2, 0.25) is 0 Å². The van der Waals surface area contributed by atoms with Crippen LogP contribution in [0.4, 0.5) is 0 Å². The first-order valence-corrected chi connectivity index (χ1v) is 7.80. The van der Waals surface area contributed by atoms with E-state index in [-0.39, 0.29) is 27.9 Å². The second kappa shape index (κ2) is 5.37. The van der Waals surface area contributed by atoms with Gasteiger partial charge in [-0.25, -0.2) is 0 Å². The van der Waals surface area contributed by atoms with E-state index in [1.165, 1.54) is 17.7 Å². The molecule has 2 aromatic rings. The van der Waals surface area contributed by atoms with Crippen LogP contribution in [-0.4, -0.2) is 12.5 Å². The van der Waals surface area contributed by atoms with Crippen LogP contribution in [0.5, 0.6) is 0 Å². The summed E-state index contributed by atoms with van der Waals surface area (Å²) in [5.41, 5.74) is 1.09. The second-order valence-electron chi connectivity index (χ2n) is 6.96. The van der Waals surface area contributed by atoms with Crippen molar-refractivity contribution in [3.05, 3.63) is 69.8 Å². The molecular weight excluding hydrogens is 290 g/mol. The first-order valence-electron chi connectivity index (χ1n) is 7.80. The number of carbonyl (C=O) groups excluding carboxylic acids is 1. The Kier molecular flexibility index (Phi) is 3.63. The van der Waals surface area contributed by atoms with E-state index in [4.69, 9.17) is 4.42 Å². The topological polar surface area (TPSA) is 59.3 Å². The van der Waals surface area contributed by atoms with Crippen molar-refractivity contribution in [3.8, 4) is 0 Å². The molecule has 1 aromatic carbocycles. The summed E-state index contributed by atoms with van der Waals surface area (Å²) >= 11 is 0. The summed E-state index contributed by atoms with van der Waals surface area (Å²) in [6, 6.07) is 12.8. The van der Waals surface area contributed by atoms with Crippen LogP contribution in [0.1, 0.15) is 42.1 Å². The zero-order valence-electron chi connectivity index (χ0n) is 13.7. The quantitative estimate of drug-likeness (QED) is 0.944. The van der Waals surface area contributed by atoms with Crippen molar-refractivity contribution in [2.75, 3.05) is 6.54 Å². The van der Waals surface area contributed by atoms with Gasteiger partial charge < -0.3 is 9.73 Å². The summed E-state index contributed by atoms with van der Waals surface area (Å²) in [6.07, 6.45) is 1.02. The summed E-state index contributed by atoms with van der Waals surface area (Å²) in [7, 11) is 0. The smallest absolute Gasteiger partial charge is 0.287 e. The maximum atomic E-state index is 12.3. The number of rotatable bonds is 4. The van der Waals surface area contributed by atoms with E-state index in [9.17, 15) is 9.59 Å². The molecule has 0 bridgehead atoms. The molecule has 120 valence electrons. The Balaban J connectivity index is 1.79. The molecule has 1 saturated carbocycles. The van der Waals surface area contributed by atoms with Crippen molar-refractivity contribution < 1.29 is 9.21 Å². The predicted molar refractivity (Wildman–Crippen MR) is 88.6 cm³/mol. The Hall–Kier alpha value is -2.36. The highest BCUT2D eigenvalue weighted by molar-refractivity contribution is 5.91. The fourth-order valence-electron chi connectivity index (χ4n) is 3.40. The number of benzene rings is 1. The van der Waals surface area contributed by atoms with Crippen molar-refractivity contribution in [2.45, 2.75) is 32.6 Å². The van der Waals surface area contributed by atoms with Crippen LogP contribution < -0.4 is 10.7 Å². The van der Waals surface area contributed by atoms with Crippen LogP contribution in [-0.2, 0) is 5.41 Å². The number of nitrogens with one attached hydrogen (secondary N) is 1. The van der Waals surface area contributed by atoms with Gasteiger partial charge in [-0.1, -0.05) is 44.2 Å². The molecule has 1 atom stereocenters. The highest BCUT2D eigenvalue weighted by Gasteiger charge is 2.61. The largest absolute Gasteiger partial charge is 0.456 e. The average molecular weight is 311 g/mol. The van der Waals surface area contributed by atoms with Gasteiger partial charge >= 0.3 is 0 Å². The lowest BCUT2D eigenvalue weighted by atomic mass is 9.88. The lowest BCUT2D eigenvalue weighted by Crippen LogP contribution is -2.35. The molecule has 1 N–H and O–H groups in total. The first-order chi connectivity index (χ1) is 10.8. The summed E-state index contributed by atoms with van der Waals surface area (Å²) in [6.45, 7) is 6.60. The summed E-state index contributed by atoms with van der Waals surface area (Å²) in [5, 5.41) is 2.94. The Morgan fingerprint density at radius 2 is 1.87 bits per heavy atom. The van der Waals surface area contributed by atoms with Crippen LogP contribution in [0.15, 0.2) is 51.7 Å². The molecule has 0 aliphatic heterocycles. The van der Waals surface area contributed by atoms with Crippen molar-refractivity contribution in [3.63, 3.8) is 0 Å². The van der Waals surface area contributed by atoms with E-state index in [1.54, 1.807) is 6.92 Å². The number of amides is 1. The SMILES string of the molecule is Cc1cc(=O)cc(C(=O)NC[C@@]2(c3ccccc3)CC2(C)C)o1. The highest BCUT2D eigenvalue weighted by Crippen LogP contribution is 2.63. The van der Waals surface area contributed by atoms with Crippen LogP contribution in [0, 0.1) is 12.3 Å². The monoisotopic (exact) mass is 311 g/mol. The van der Waals surface area contributed by atoms with Crippen LogP contribution >= 0.6 is 0 Å². The van der Waals surface area contributed by atoms with Gasteiger partial charge in [-0.3, -0.25) is 9.59 Å². The molecule has 1 heterocycles. The number of aryl methyl sites for hydroxylation is 1. The van der Waals surface area contributed by atoms with Crippen LogP contribution in [0.3, 0.4) is 0 Å². The maximum Gasteiger partial charge on any atom is 0.287 e. The number of hydrogen-bond donors (Lipinski definition) is 1. The van der Waals surface area contributed by atoms with Gasteiger partial charge in [0.25, 0.3) is 5.91 Å². The molecule has 23 heavy (non-hydrogen) atoms. The zero-order valence-corrected chi connectivity index (χ0v) is 13.7. The van der Waals surface area contributed by atoms with E-state index >= 15 is 0 Å². The molecule has 0 unspecified atom stereocenters. The fraction of sp³-hybridized carbons (Fsp3) is 0.368. The lowest BCUT2D eigenvalue weighted by molar-refractivity contribution is 0.0916. The van der Waals surface area contributed by atoms with Crippen LogP contribution in [0.25, 0.3) is 0 Å². The lowest BCUT2D eigenvalue weighted by Gasteiger charge is -2.21. The molecule has 4 heteroatoms. The molecule has 3 rings (SSSR count).